The summed E-state index contributed by atoms with van der Waals surface area (Å²) in [6.07, 6.45) is 4.28. The number of aromatic nitrogens is 2. The molecule has 0 amide bonds. The van der Waals surface area contributed by atoms with E-state index in [2.05, 4.69) is 4.98 Å². The molecule has 2 aromatic rings. The summed E-state index contributed by atoms with van der Waals surface area (Å²) in [6, 6.07) is 4.48. The lowest BCUT2D eigenvalue weighted by Gasteiger charge is -2.26. The highest BCUT2D eigenvalue weighted by molar-refractivity contribution is 5.42. The smallest absolute Gasteiger partial charge is 0.151 e. The van der Waals surface area contributed by atoms with Crippen molar-refractivity contribution in [1.82, 2.24) is 9.55 Å². The van der Waals surface area contributed by atoms with E-state index in [4.69, 9.17) is 4.74 Å². The number of benzene rings is 1. The maximum absolute atomic E-state index is 14.2. The van der Waals surface area contributed by atoms with Gasteiger partial charge in [0.25, 0.3) is 0 Å². The van der Waals surface area contributed by atoms with Crippen molar-refractivity contribution in [2.75, 3.05) is 7.11 Å². The maximum Gasteiger partial charge on any atom is 0.151 e. The predicted molar refractivity (Wildman–Crippen MR) is 74.1 cm³/mol. The van der Waals surface area contributed by atoms with Crippen LogP contribution in [0.4, 0.5) is 4.39 Å². The highest BCUT2D eigenvalue weighted by atomic mass is 19.1. The molecule has 0 saturated carbocycles. The van der Waals surface area contributed by atoms with Gasteiger partial charge in [0.05, 0.1) is 12.7 Å². The first kappa shape index (κ1) is 14.5. The van der Waals surface area contributed by atoms with Gasteiger partial charge in [0, 0.05) is 18.9 Å². The number of hydrogen-bond acceptors (Lipinski definition) is 3. The van der Waals surface area contributed by atoms with Gasteiger partial charge in [-0.25, -0.2) is 9.37 Å². The number of ether oxygens (including phenoxy) is 1. The summed E-state index contributed by atoms with van der Waals surface area (Å²) in [4.78, 5) is 4.19. The first-order chi connectivity index (χ1) is 9.52. The van der Waals surface area contributed by atoms with E-state index in [1.165, 1.54) is 20.1 Å². The Morgan fingerprint density at radius 2 is 2.20 bits per heavy atom. The number of imidazole rings is 1. The van der Waals surface area contributed by atoms with Crippen molar-refractivity contribution in [3.63, 3.8) is 0 Å². The molecule has 1 unspecified atom stereocenters. The van der Waals surface area contributed by atoms with Gasteiger partial charge in [-0.2, -0.15) is 0 Å². The van der Waals surface area contributed by atoms with Crippen LogP contribution in [0.25, 0.3) is 0 Å². The minimum absolute atomic E-state index is 0.103. The summed E-state index contributed by atoms with van der Waals surface area (Å²) in [5, 5.41) is 10.8. The number of halogens is 1. The third kappa shape index (κ3) is 2.41. The molecule has 0 bridgehead atoms. The van der Waals surface area contributed by atoms with E-state index in [9.17, 15) is 9.50 Å². The zero-order chi connectivity index (χ0) is 14.8. The standard InChI is InChI=1S/C15H19FN2O2/c1-4-9-18-10-8-17-14(18)15(2,19)13-11(16)6-5-7-12(13)20-3/h5-8,10,19H,4,9H2,1-3H3. The number of nitrogens with zero attached hydrogens (tertiary/aromatic N) is 2. The van der Waals surface area contributed by atoms with Gasteiger partial charge in [0.1, 0.15) is 17.4 Å². The monoisotopic (exact) mass is 278 g/mol. The number of methoxy groups -OCH3 is 1. The van der Waals surface area contributed by atoms with Crippen LogP contribution in [0.5, 0.6) is 5.75 Å². The van der Waals surface area contributed by atoms with Gasteiger partial charge < -0.3 is 14.4 Å². The molecule has 0 spiro atoms. The van der Waals surface area contributed by atoms with E-state index in [1.54, 1.807) is 24.5 Å². The molecule has 1 atom stereocenters. The quantitative estimate of drug-likeness (QED) is 0.914. The Balaban J connectivity index is 2.57. The molecule has 108 valence electrons. The first-order valence-corrected chi connectivity index (χ1v) is 6.59. The minimum Gasteiger partial charge on any atom is -0.496 e. The van der Waals surface area contributed by atoms with Crippen molar-refractivity contribution in [2.45, 2.75) is 32.4 Å². The van der Waals surface area contributed by atoms with Crippen LogP contribution in [-0.2, 0) is 12.1 Å². The van der Waals surface area contributed by atoms with Crippen LogP contribution in [0, 0.1) is 5.82 Å². The lowest BCUT2D eigenvalue weighted by Crippen LogP contribution is -2.29. The van der Waals surface area contributed by atoms with Crippen LogP contribution >= 0.6 is 0 Å². The number of aryl methyl sites for hydroxylation is 1. The third-order valence-corrected chi connectivity index (χ3v) is 3.30. The molecule has 0 saturated heterocycles. The zero-order valence-electron chi connectivity index (χ0n) is 11.9. The van der Waals surface area contributed by atoms with Crippen molar-refractivity contribution in [1.29, 1.82) is 0 Å². The highest BCUT2D eigenvalue weighted by Crippen LogP contribution is 2.36. The fourth-order valence-electron chi connectivity index (χ4n) is 2.41. The van der Waals surface area contributed by atoms with Gasteiger partial charge in [-0.15, -0.1) is 0 Å². The molecule has 1 heterocycles. The maximum atomic E-state index is 14.2. The lowest BCUT2D eigenvalue weighted by molar-refractivity contribution is 0.0807. The summed E-state index contributed by atoms with van der Waals surface area (Å²) in [6.45, 7) is 4.27. The Bertz CT molecular complexity index is 593. The Morgan fingerprint density at radius 3 is 2.85 bits per heavy atom. The van der Waals surface area contributed by atoms with Gasteiger partial charge in [-0.3, -0.25) is 0 Å². The Morgan fingerprint density at radius 1 is 1.45 bits per heavy atom. The van der Waals surface area contributed by atoms with Gasteiger partial charge >= 0.3 is 0 Å². The molecular weight excluding hydrogens is 259 g/mol. The van der Waals surface area contributed by atoms with E-state index in [1.807, 2.05) is 11.5 Å². The predicted octanol–water partition coefficient (Wildman–Crippen LogP) is 2.70. The molecule has 0 aliphatic carbocycles. The fraction of sp³-hybridized carbons (Fsp3) is 0.400. The second-order valence-electron chi connectivity index (χ2n) is 4.83. The van der Waals surface area contributed by atoms with Crippen LogP contribution in [0.2, 0.25) is 0 Å². The topological polar surface area (TPSA) is 47.3 Å². The minimum atomic E-state index is -1.56. The van der Waals surface area contributed by atoms with Crippen LogP contribution in [0.1, 0.15) is 31.7 Å². The number of aliphatic hydroxyl groups is 1. The molecule has 0 aliphatic rings. The Kier molecular flexibility index (Phi) is 4.09. The average Bonchev–Trinajstić information content (AvgIpc) is 2.87. The molecule has 4 nitrogen and oxygen atoms in total. The van der Waals surface area contributed by atoms with Crippen molar-refractivity contribution in [3.05, 3.63) is 47.8 Å². The van der Waals surface area contributed by atoms with Crippen LogP contribution in [0.3, 0.4) is 0 Å². The summed E-state index contributed by atoms with van der Waals surface area (Å²) >= 11 is 0. The summed E-state index contributed by atoms with van der Waals surface area (Å²) in [5.74, 6) is 0.198. The Hall–Kier alpha value is -1.88. The van der Waals surface area contributed by atoms with Gasteiger partial charge in [-0.1, -0.05) is 13.0 Å². The SMILES string of the molecule is CCCn1ccnc1C(C)(O)c1c(F)cccc1OC. The van der Waals surface area contributed by atoms with E-state index >= 15 is 0 Å². The average molecular weight is 278 g/mol. The van der Waals surface area contributed by atoms with E-state index < -0.39 is 11.4 Å². The van der Waals surface area contributed by atoms with Gasteiger partial charge in [0.15, 0.2) is 5.60 Å². The third-order valence-electron chi connectivity index (χ3n) is 3.30. The van der Waals surface area contributed by atoms with Gasteiger partial charge in [0.2, 0.25) is 0 Å². The molecule has 20 heavy (non-hydrogen) atoms. The Labute approximate surface area is 117 Å². The van der Waals surface area contributed by atoms with E-state index in [0.717, 1.165) is 6.42 Å². The van der Waals surface area contributed by atoms with Crippen LogP contribution in [-0.4, -0.2) is 21.8 Å². The van der Waals surface area contributed by atoms with E-state index in [0.29, 0.717) is 18.1 Å². The highest BCUT2D eigenvalue weighted by Gasteiger charge is 2.36. The van der Waals surface area contributed by atoms with Crippen molar-refractivity contribution < 1.29 is 14.2 Å². The molecule has 5 heteroatoms. The lowest BCUT2D eigenvalue weighted by atomic mass is 9.93. The van der Waals surface area contributed by atoms with Gasteiger partial charge in [-0.05, 0) is 25.5 Å². The molecule has 1 N–H and O–H groups in total. The molecule has 1 aromatic heterocycles. The molecule has 0 fully saturated rings. The zero-order valence-corrected chi connectivity index (χ0v) is 11.9. The normalized spacial score (nSPS) is 14.1. The molecule has 0 radical (unpaired) electrons. The largest absolute Gasteiger partial charge is 0.496 e. The summed E-state index contributed by atoms with van der Waals surface area (Å²) < 4.78 is 21.2. The van der Waals surface area contributed by atoms with Crippen molar-refractivity contribution in [3.8, 4) is 5.75 Å². The molecule has 0 aliphatic heterocycles. The fourth-order valence-corrected chi connectivity index (χ4v) is 2.41. The second-order valence-corrected chi connectivity index (χ2v) is 4.83. The summed E-state index contributed by atoms with van der Waals surface area (Å²) in [7, 11) is 1.45. The number of hydrogen-bond donors (Lipinski definition) is 1. The van der Waals surface area contributed by atoms with Crippen molar-refractivity contribution >= 4 is 0 Å². The summed E-state index contributed by atoms with van der Waals surface area (Å²) in [5.41, 5.74) is -1.46. The van der Waals surface area contributed by atoms with E-state index in [-0.39, 0.29) is 5.56 Å². The number of rotatable bonds is 5. The second kappa shape index (κ2) is 5.63. The first-order valence-electron chi connectivity index (χ1n) is 6.59. The van der Waals surface area contributed by atoms with Crippen LogP contribution < -0.4 is 4.74 Å². The molecular formula is C15H19FN2O2. The van der Waals surface area contributed by atoms with Crippen molar-refractivity contribution in [2.24, 2.45) is 0 Å². The van der Waals surface area contributed by atoms with Crippen LogP contribution in [0.15, 0.2) is 30.6 Å². The molecule has 2 rings (SSSR count). The molecule has 1 aromatic carbocycles.